The van der Waals surface area contributed by atoms with Crippen molar-refractivity contribution in [2.24, 2.45) is 0 Å². The number of amides is 1. The second kappa shape index (κ2) is 5.56. The van der Waals surface area contributed by atoms with Gasteiger partial charge in [0.25, 0.3) is 0 Å². The molecule has 1 amide bonds. The zero-order chi connectivity index (χ0) is 11.3. The maximum absolute atomic E-state index is 12.7. The van der Waals surface area contributed by atoms with Gasteiger partial charge < -0.3 is 10.1 Å². The van der Waals surface area contributed by atoms with Crippen molar-refractivity contribution >= 4 is 17.7 Å². The number of methoxy groups -OCH3 is 1. The van der Waals surface area contributed by atoms with Gasteiger partial charge in [0.2, 0.25) is 0 Å². The second-order valence-electron chi connectivity index (χ2n) is 2.90. The lowest BCUT2D eigenvalue weighted by Crippen LogP contribution is -2.29. The topological polar surface area (TPSA) is 38.3 Å². The Morgan fingerprint density at radius 2 is 2.40 bits per heavy atom. The molecule has 0 bridgehead atoms. The number of alkyl carbamates (subject to hydrolysis) is 1. The first-order valence-electron chi connectivity index (χ1n) is 4.33. The molecule has 1 aromatic rings. The zero-order valence-corrected chi connectivity index (χ0v) is 8.92. The smallest absolute Gasteiger partial charge is 0.407 e. The van der Waals surface area contributed by atoms with Crippen LogP contribution in [-0.4, -0.2) is 19.9 Å². The van der Waals surface area contributed by atoms with Gasteiger partial charge in [-0.25, -0.2) is 9.18 Å². The average Bonchev–Trinajstić information content (AvgIpc) is 2.25. The van der Waals surface area contributed by atoms with Crippen molar-refractivity contribution in [3.63, 3.8) is 0 Å². The number of ether oxygens (including phenoxy) is 1. The fraction of sp³-hybridized carbons (Fsp3) is 0.300. The highest BCUT2D eigenvalue weighted by Gasteiger charge is 2.14. The van der Waals surface area contributed by atoms with Gasteiger partial charge in [-0.15, -0.1) is 0 Å². The predicted octanol–water partition coefficient (Wildman–Crippen LogP) is 2.71. The van der Waals surface area contributed by atoms with E-state index in [0.29, 0.717) is 10.6 Å². The van der Waals surface area contributed by atoms with Crippen LogP contribution >= 0.6 is 11.6 Å². The maximum atomic E-state index is 12.7. The fourth-order valence-electron chi connectivity index (χ4n) is 1.14. The van der Waals surface area contributed by atoms with Crippen LogP contribution in [0.3, 0.4) is 0 Å². The Bertz CT molecular complexity index is 346. The summed E-state index contributed by atoms with van der Waals surface area (Å²) >= 11 is 5.75. The van der Waals surface area contributed by atoms with E-state index in [0.717, 1.165) is 0 Å². The molecule has 0 fully saturated rings. The Morgan fingerprint density at radius 1 is 1.67 bits per heavy atom. The van der Waals surface area contributed by atoms with Gasteiger partial charge in [0.05, 0.1) is 13.2 Å². The van der Waals surface area contributed by atoms with Crippen molar-refractivity contribution in [3.05, 3.63) is 34.9 Å². The Labute approximate surface area is 92.2 Å². The Balaban J connectivity index is 2.78. The third-order valence-electron chi connectivity index (χ3n) is 1.88. The highest BCUT2D eigenvalue weighted by atomic mass is 35.5. The van der Waals surface area contributed by atoms with Gasteiger partial charge in [0, 0.05) is 5.02 Å². The van der Waals surface area contributed by atoms with E-state index in [1.54, 1.807) is 24.3 Å². The molecule has 0 saturated carbocycles. The molecule has 15 heavy (non-hydrogen) atoms. The van der Waals surface area contributed by atoms with E-state index in [4.69, 9.17) is 11.6 Å². The van der Waals surface area contributed by atoms with Crippen molar-refractivity contribution in [2.45, 2.75) is 6.04 Å². The Morgan fingerprint density at radius 3 is 2.93 bits per heavy atom. The summed E-state index contributed by atoms with van der Waals surface area (Å²) < 4.78 is 17.0. The minimum Gasteiger partial charge on any atom is -0.453 e. The summed E-state index contributed by atoms with van der Waals surface area (Å²) in [6.07, 6.45) is -0.669. The number of hydrogen-bond donors (Lipinski definition) is 1. The van der Waals surface area contributed by atoms with Crippen LogP contribution in [0.1, 0.15) is 11.6 Å². The van der Waals surface area contributed by atoms with Crippen molar-refractivity contribution in [1.29, 1.82) is 0 Å². The van der Waals surface area contributed by atoms with Crippen LogP contribution in [0.15, 0.2) is 24.3 Å². The third kappa shape index (κ3) is 3.40. The van der Waals surface area contributed by atoms with Crippen LogP contribution in [0.4, 0.5) is 9.18 Å². The number of benzene rings is 1. The summed E-state index contributed by atoms with van der Waals surface area (Å²) in [5, 5.41) is 2.86. The Hall–Kier alpha value is -1.29. The number of alkyl halides is 1. The SMILES string of the molecule is COC(=O)NC(CF)c1cccc(Cl)c1. The Kier molecular flexibility index (Phi) is 4.37. The number of halogens is 2. The molecule has 0 spiro atoms. The highest BCUT2D eigenvalue weighted by molar-refractivity contribution is 6.30. The van der Waals surface area contributed by atoms with E-state index in [-0.39, 0.29) is 0 Å². The molecular weight excluding hydrogens is 221 g/mol. The van der Waals surface area contributed by atoms with E-state index in [1.807, 2.05) is 0 Å². The van der Waals surface area contributed by atoms with Crippen LogP contribution in [0, 0.1) is 0 Å². The quantitative estimate of drug-likeness (QED) is 0.869. The minimum absolute atomic E-state index is 0.498. The van der Waals surface area contributed by atoms with Crippen LogP contribution in [0.25, 0.3) is 0 Å². The highest BCUT2D eigenvalue weighted by Crippen LogP contribution is 2.18. The number of carbonyl (C=O) groups is 1. The molecule has 0 aromatic heterocycles. The molecule has 82 valence electrons. The van der Waals surface area contributed by atoms with E-state index < -0.39 is 18.8 Å². The van der Waals surface area contributed by atoms with E-state index in [2.05, 4.69) is 10.1 Å². The van der Waals surface area contributed by atoms with Crippen LogP contribution in [0.5, 0.6) is 0 Å². The fourth-order valence-corrected chi connectivity index (χ4v) is 1.33. The largest absolute Gasteiger partial charge is 0.453 e. The molecule has 0 aliphatic carbocycles. The molecule has 1 rings (SSSR count). The normalized spacial score (nSPS) is 11.9. The zero-order valence-electron chi connectivity index (χ0n) is 8.17. The third-order valence-corrected chi connectivity index (χ3v) is 2.12. The van der Waals surface area contributed by atoms with Crippen LogP contribution < -0.4 is 5.32 Å². The summed E-state index contributed by atoms with van der Waals surface area (Å²) in [5.74, 6) is 0. The first-order chi connectivity index (χ1) is 7.17. The van der Waals surface area contributed by atoms with Crippen molar-refractivity contribution in [1.82, 2.24) is 5.32 Å². The summed E-state index contributed by atoms with van der Waals surface area (Å²) in [6.45, 7) is -0.713. The summed E-state index contributed by atoms with van der Waals surface area (Å²) in [6, 6.07) is 5.93. The number of rotatable bonds is 3. The lowest BCUT2D eigenvalue weighted by molar-refractivity contribution is 0.164. The molecule has 1 unspecified atom stereocenters. The van der Waals surface area contributed by atoms with Gasteiger partial charge in [0.15, 0.2) is 0 Å². The van der Waals surface area contributed by atoms with Gasteiger partial charge in [-0.3, -0.25) is 0 Å². The van der Waals surface area contributed by atoms with Crippen LogP contribution in [0.2, 0.25) is 5.02 Å². The van der Waals surface area contributed by atoms with Crippen LogP contribution in [-0.2, 0) is 4.74 Å². The van der Waals surface area contributed by atoms with E-state index in [9.17, 15) is 9.18 Å². The molecule has 0 aliphatic heterocycles. The molecule has 0 saturated heterocycles. The van der Waals surface area contributed by atoms with Gasteiger partial charge >= 0.3 is 6.09 Å². The molecule has 1 atom stereocenters. The lowest BCUT2D eigenvalue weighted by atomic mass is 10.1. The molecule has 0 heterocycles. The molecular formula is C10H11ClFNO2. The molecule has 0 radical (unpaired) electrons. The number of nitrogens with one attached hydrogen (secondary N) is 1. The summed E-state index contributed by atoms with van der Waals surface area (Å²) in [4.78, 5) is 10.9. The maximum Gasteiger partial charge on any atom is 0.407 e. The average molecular weight is 232 g/mol. The lowest BCUT2D eigenvalue weighted by Gasteiger charge is -2.14. The number of hydrogen-bond acceptors (Lipinski definition) is 2. The molecule has 1 N–H and O–H groups in total. The second-order valence-corrected chi connectivity index (χ2v) is 3.33. The standard InChI is InChI=1S/C10H11ClFNO2/c1-15-10(14)13-9(6-12)7-3-2-4-8(11)5-7/h2-5,9H,6H2,1H3,(H,13,14). The van der Waals surface area contributed by atoms with Crippen molar-refractivity contribution < 1.29 is 13.9 Å². The molecule has 1 aromatic carbocycles. The van der Waals surface area contributed by atoms with Crippen molar-refractivity contribution in [2.75, 3.05) is 13.8 Å². The summed E-state index contributed by atoms with van der Waals surface area (Å²) in [7, 11) is 1.22. The monoisotopic (exact) mass is 231 g/mol. The van der Waals surface area contributed by atoms with Gasteiger partial charge in [-0.2, -0.15) is 0 Å². The first-order valence-corrected chi connectivity index (χ1v) is 4.71. The van der Waals surface area contributed by atoms with E-state index >= 15 is 0 Å². The van der Waals surface area contributed by atoms with Gasteiger partial charge in [0.1, 0.15) is 6.67 Å². The minimum atomic E-state index is -0.726. The molecule has 0 aliphatic rings. The predicted molar refractivity (Wildman–Crippen MR) is 55.7 cm³/mol. The van der Waals surface area contributed by atoms with Gasteiger partial charge in [-0.05, 0) is 17.7 Å². The van der Waals surface area contributed by atoms with E-state index in [1.165, 1.54) is 7.11 Å². The number of carbonyl (C=O) groups excluding carboxylic acids is 1. The summed E-state index contributed by atoms with van der Waals surface area (Å²) in [5.41, 5.74) is 0.607. The van der Waals surface area contributed by atoms with Crippen molar-refractivity contribution in [3.8, 4) is 0 Å². The van der Waals surface area contributed by atoms with Gasteiger partial charge in [-0.1, -0.05) is 23.7 Å². The first kappa shape index (κ1) is 11.8. The molecule has 5 heteroatoms. The molecule has 3 nitrogen and oxygen atoms in total.